The lowest BCUT2D eigenvalue weighted by molar-refractivity contribution is 0.0922. The summed E-state index contributed by atoms with van der Waals surface area (Å²) < 4.78 is 19.1. The third-order valence-corrected chi connectivity index (χ3v) is 4.89. The lowest BCUT2D eigenvalue weighted by Gasteiger charge is -2.19. The fourth-order valence-electron chi connectivity index (χ4n) is 3.17. The normalized spacial score (nSPS) is 24.0. The molecule has 2 aliphatic rings. The van der Waals surface area contributed by atoms with Crippen molar-refractivity contribution in [2.45, 2.75) is 44.8 Å². The van der Waals surface area contributed by atoms with Crippen LogP contribution in [0.3, 0.4) is 0 Å². The zero-order valence-electron chi connectivity index (χ0n) is 14.6. The number of ether oxygens (including phenoxy) is 1. The fourth-order valence-corrected chi connectivity index (χ4v) is 3.17. The van der Waals surface area contributed by atoms with Crippen LogP contribution in [0.15, 0.2) is 35.9 Å². The molecular formula is C21H24FNO2. The molecule has 0 aromatic heterocycles. The number of benzene rings is 1. The first-order valence-electron chi connectivity index (χ1n) is 8.98. The van der Waals surface area contributed by atoms with E-state index in [0.717, 1.165) is 31.4 Å². The standard InChI is InChI=1S/C21H24FNO2/c1-15(19-12-13-25-14-19)23-21(24)18-10-7-16(8-11-18)6-9-17-4-2-3-5-20(17)22/h4,7-8,10-11,15,19-20H,2-3,5,12-14H2,1H3,(H,23,24). The maximum absolute atomic E-state index is 13.7. The number of carbonyl (C=O) groups excluding carboxylic acids is 1. The van der Waals surface area contributed by atoms with Gasteiger partial charge in [0.15, 0.2) is 0 Å². The van der Waals surface area contributed by atoms with Gasteiger partial charge >= 0.3 is 0 Å². The van der Waals surface area contributed by atoms with Gasteiger partial charge in [0.05, 0.1) is 6.61 Å². The highest BCUT2D eigenvalue weighted by Crippen LogP contribution is 2.20. The van der Waals surface area contributed by atoms with Crippen LogP contribution in [0.1, 0.15) is 48.5 Å². The van der Waals surface area contributed by atoms with Gasteiger partial charge in [-0.25, -0.2) is 4.39 Å². The highest BCUT2D eigenvalue weighted by Gasteiger charge is 2.23. The van der Waals surface area contributed by atoms with Crippen molar-refractivity contribution in [3.8, 4) is 11.8 Å². The molecule has 1 aliphatic heterocycles. The van der Waals surface area contributed by atoms with Crippen LogP contribution in [0.25, 0.3) is 0 Å². The van der Waals surface area contributed by atoms with Crippen LogP contribution in [0.2, 0.25) is 0 Å². The second-order valence-corrected chi connectivity index (χ2v) is 6.77. The Balaban J connectivity index is 1.60. The quantitative estimate of drug-likeness (QED) is 0.853. The lowest BCUT2D eigenvalue weighted by Crippen LogP contribution is -2.38. The summed E-state index contributed by atoms with van der Waals surface area (Å²) >= 11 is 0. The second-order valence-electron chi connectivity index (χ2n) is 6.77. The average Bonchev–Trinajstić information content (AvgIpc) is 3.16. The molecule has 1 aromatic carbocycles. The largest absolute Gasteiger partial charge is 0.381 e. The second kappa shape index (κ2) is 8.31. The predicted octanol–water partition coefficient (Wildman–Crippen LogP) is 3.64. The Bertz CT molecular complexity index is 693. The number of allylic oxidation sites excluding steroid dienone is 2. The molecule has 1 heterocycles. The zero-order chi connectivity index (χ0) is 17.6. The molecule has 3 atom stereocenters. The Kier molecular flexibility index (Phi) is 5.88. The highest BCUT2D eigenvalue weighted by atomic mass is 19.1. The van der Waals surface area contributed by atoms with Gasteiger partial charge in [-0.3, -0.25) is 4.79 Å². The summed E-state index contributed by atoms with van der Waals surface area (Å²) in [7, 11) is 0. The molecule has 3 nitrogen and oxygen atoms in total. The van der Waals surface area contributed by atoms with Gasteiger partial charge in [-0.1, -0.05) is 17.9 Å². The number of carbonyl (C=O) groups is 1. The van der Waals surface area contributed by atoms with Gasteiger partial charge in [0.25, 0.3) is 5.91 Å². The van der Waals surface area contributed by atoms with E-state index in [1.807, 2.05) is 25.1 Å². The third-order valence-electron chi connectivity index (χ3n) is 4.89. The summed E-state index contributed by atoms with van der Waals surface area (Å²) in [6.45, 7) is 3.50. The number of rotatable bonds is 3. The first-order valence-corrected chi connectivity index (χ1v) is 8.98. The SMILES string of the molecule is CC(NC(=O)c1ccc(C#CC2=CCCCC2F)cc1)C1CCOC1. The molecule has 132 valence electrons. The smallest absolute Gasteiger partial charge is 0.251 e. The molecule has 0 radical (unpaired) electrons. The van der Waals surface area contributed by atoms with E-state index >= 15 is 0 Å². The van der Waals surface area contributed by atoms with Gasteiger partial charge in [-0.2, -0.15) is 0 Å². The van der Waals surface area contributed by atoms with Crippen LogP contribution in [-0.2, 0) is 4.74 Å². The number of nitrogens with one attached hydrogen (secondary N) is 1. The Labute approximate surface area is 148 Å². The topological polar surface area (TPSA) is 38.3 Å². The number of hydrogen-bond donors (Lipinski definition) is 1. The molecule has 4 heteroatoms. The first-order chi connectivity index (χ1) is 12.1. The van der Waals surface area contributed by atoms with Crippen LogP contribution in [0.4, 0.5) is 4.39 Å². The van der Waals surface area contributed by atoms with E-state index in [9.17, 15) is 9.18 Å². The molecule has 0 bridgehead atoms. The van der Waals surface area contributed by atoms with Gasteiger partial charge in [-0.15, -0.1) is 0 Å². The van der Waals surface area contributed by atoms with E-state index in [2.05, 4.69) is 17.2 Å². The summed E-state index contributed by atoms with van der Waals surface area (Å²) in [6, 6.07) is 7.23. The molecule has 3 rings (SSSR count). The van der Waals surface area contributed by atoms with Crippen molar-refractivity contribution in [2.24, 2.45) is 5.92 Å². The minimum Gasteiger partial charge on any atom is -0.381 e. The predicted molar refractivity (Wildman–Crippen MR) is 96.0 cm³/mol. The van der Waals surface area contributed by atoms with Crippen molar-refractivity contribution in [1.82, 2.24) is 5.32 Å². The number of halogens is 1. The maximum atomic E-state index is 13.7. The monoisotopic (exact) mass is 341 g/mol. The van der Waals surface area contributed by atoms with Crippen LogP contribution >= 0.6 is 0 Å². The maximum Gasteiger partial charge on any atom is 0.251 e. The molecule has 25 heavy (non-hydrogen) atoms. The molecule has 1 saturated heterocycles. The van der Waals surface area contributed by atoms with Crippen LogP contribution in [0.5, 0.6) is 0 Å². The van der Waals surface area contributed by atoms with Gasteiger partial charge in [0.2, 0.25) is 0 Å². The van der Waals surface area contributed by atoms with Crippen molar-refractivity contribution in [3.05, 3.63) is 47.0 Å². The molecule has 0 saturated carbocycles. The summed E-state index contributed by atoms with van der Waals surface area (Å²) in [5.41, 5.74) is 1.98. The van der Waals surface area contributed by atoms with Gasteiger partial charge < -0.3 is 10.1 Å². The average molecular weight is 341 g/mol. The Morgan fingerprint density at radius 3 is 2.76 bits per heavy atom. The minimum absolute atomic E-state index is 0.0854. The summed E-state index contributed by atoms with van der Waals surface area (Å²) in [5.74, 6) is 6.21. The van der Waals surface area contributed by atoms with Crippen molar-refractivity contribution in [3.63, 3.8) is 0 Å². The number of hydrogen-bond acceptors (Lipinski definition) is 2. The molecule has 1 fully saturated rings. The van der Waals surface area contributed by atoms with E-state index in [0.29, 0.717) is 30.1 Å². The van der Waals surface area contributed by atoms with Crippen molar-refractivity contribution in [1.29, 1.82) is 0 Å². The van der Waals surface area contributed by atoms with Crippen molar-refractivity contribution < 1.29 is 13.9 Å². The zero-order valence-corrected chi connectivity index (χ0v) is 14.6. The van der Waals surface area contributed by atoms with E-state index < -0.39 is 6.17 Å². The Morgan fingerprint density at radius 2 is 2.08 bits per heavy atom. The minimum atomic E-state index is -0.938. The van der Waals surface area contributed by atoms with Crippen LogP contribution < -0.4 is 5.32 Å². The molecule has 1 amide bonds. The molecule has 1 aromatic rings. The molecule has 1 N–H and O–H groups in total. The van der Waals surface area contributed by atoms with Gasteiger partial charge in [-0.05, 0) is 56.9 Å². The Hall–Kier alpha value is -2.12. The molecule has 1 aliphatic carbocycles. The number of amides is 1. The fraction of sp³-hybridized carbons (Fsp3) is 0.476. The lowest BCUT2D eigenvalue weighted by atomic mass is 9.98. The van der Waals surface area contributed by atoms with Gasteiger partial charge in [0.1, 0.15) is 6.17 Å². The van der Waals surface area contributed by atoms with E-state index in [-0.39, 0.29) is 11.9 Å². The summed E-state index contributed by atoms with van der Waals surface area (Å²) in [5, 5.41) is 3.03. The van der Waals surface area contributed by atoms with E-state index in [1.165, 1.54) is 0 Å². The van der Waals surface area contributed by atoms with E-state index in [1.54, 1.807) is 12.1 Å². The first kappa shape index (κ1) is 17.7. The summed E-state index contributed by atoms with van der Waals surface area (Å²) in [4.78, 5) is 12.3. The van der Waals surface area contributed by atoms with E-state index in [4.69, 9.17) is 4.74 Å². The van der Waals surface area contributed by atoms with Crippen LogP contribution in [0, 0.1) is 17.8 Å². The Morgan fingerprint density at radius 1 is 1.28 bits per heavy atom. The van der Waals surface area contributed by atoms with Crippen molar-refractivity contribution in [2.75, 3.05) is 13.2 Å². The number of alkyl halides is 1. The van der Waals surface area contributed by atoms with Crippen molar-refractivity contribution >= 4 is 5.91 Å². The highest BCUT2D eigenvalue weighted by molar-refractivity contribution is 5.94. The third kappa shape index (κ3) is 4.70. The molecule has 0 spiro atoms. The molecule has 3 unspecified atom stereocenters. The summed E-state index contributed by atoms with van der Waals surface area (Å²) in [6.07, 6.45) is 4.28. The van der Waals surface area contributed by atoms with Gasteiger partial charge in [0, 0.05) is 35.3 Å². The van der Waals surface area contributed by atoms with Crippen LogP contribution in [-0.4, -0.2) is 31.3 Å². The molecular weight excluding hydrogens is 317 g/mol.